The second kappa shape index (κ2) is 3.49. The van der Waals surface area contributed by atoms with Gasteiger partial charge in [-0.3, -0.25) is 0 Å². The highest BCUT2D eigenvalue weighted by Crippen LogP contribution is 2.24. The van der Waals surface area contributed by atoms with Gasteiger partial charge in [0.1, 0.15) is 0 Å². The van der Waals surface area contributed by atoms with E-state index in [0.717, 1.165) is 0 Å². The number of aliphatic hydroxyl groups is 1. The van der Waals surface area contributed by atoms with Gasteiger partial charge in [0.05, 0.1) is 19.7 Å². The fraction of sp³-hybridized carbons (Fsp3) is 0.875. The molecule has 0 unspecified atom stereocenters. The third-order valence-electron chi connectivity index (χ3n) is 1.93. The molecule has 76 valence electrons. The van der Waals surface area contributed by atoms with Gasteiger partial charge < -0.3 is 15.3 Å². The Balaban J connectivity index is 2.31. The lowest BCUT2D eigenvalue weighted by Gasteiger charge is -2.43. The Morgan fingerprint density at radius 2 is 2.23 bits per heavy atom. The molecule has 0 saturated carbocycles. The van der Waals surface area contributed by atoms with Gasteiger partial charge in [-0.05, 0) is 13.8 Å². The minimum atomic E-state index is -1.58. The summed E-state index contributed by atoms with van der Waals surface area (Å²) < 4.78 is 13.1. The average molecular weight is 190 g/mol. The number of amides is 2. The molecule has 2 amide bonds. The van der Waals surface area contributed by atoms with Crippen molar-refractivity contribution in [2.45, 2.75) is 25.6 Å². The van der Waals surface area contributed by atoms with Gasteiger partial charge in [-0.1, -0.05) is 0 Å². The van der Waals surface area contributed by atoms with Crippen LogP contribution in [0.5, 0.6) is 0 Å². The van der Waals surface area contributed by atoms with Gasteiger partial charge in [0.15, 0.2) is 5.67 Å². The minimum absolute atomic E-state index is 0.0119. The predicted molar refractivity (Wildman–Crippen MR) is 46.2 cm³/mol. The molecule has 0 radical (unpaired) electrons. The largest absolute Gasteiger partial charge is 0.393 e. The van der Waals surface area contributed by atoms with E-state index in [0.29, 0.717) is 0 Å². The Labute approximate surface area is 76.7 Å². The standard InChI is InChI=1S/C8H15FN2O2/c1-6(2)10-7(13)11-3-8(9,4-11)5-12/h6,12H,3-5H2,1-2H3,(H,10,13). The highest BCUT2D eigenvalue weighted by molar-refractivity contribution is 5.75. The molecule has 13 heavy (non-hydrogen) atoms. The van der Waals surface area contributed by atoms with Crippen molar-refractivity contribution in [1.82, 2.24) is 10.2 Å². The molecule has 1 fully saturated rings. The molecule has 0 aromatic carbocycles. The Morgan fingerprint density at radius 3 is 2.62 bits per heavy atom. The van der Waals surface area contributed by atoms with Crippen molar-refractivity contribution in [1.29, 1.82) is 0 Å². The number of likely N-dealkylation sites (tertiary alicyclic amines) is 1. The van der Waals surface area contributed by atoms with E-state index >= 15 is 0 Å². The Hall–Kier alpha value is -0.840. The highest BCUT2D eigenvalue weighted by atomic mass is 19.1. The number of carbonyl (C=O) groups is 1. The first-order valence-electron chi connectivity index (χ1n) is 4.32. The molecule has 1 saturated heterocycles. The number of hydrogen-bond acceptors (Lipinski definition) is 2. The monoisotopic (exact) mass is 190 g/mol. The van der Waals surface area contributed by atoms with Crippen molar-refractivity contribution in [3.8, 4) is 0 Å². The van der Waals surface area contributed by atoms with Crippen LogP contribution in [-0.4, -0.2) is 47.4 Å². The van der Waals surface area contributed by atoms with E-state index in [1.165, 1.54) is 4.90 Å². The normalized spacial score (nSPS) is 19.9. The third kappa shape index (κ3) is 2.30. The summed E-state index contributed by atoms with van der Waals surface area (Å²) >= 11 is 0. The number of halogens is 1. The molecular weight excluding hydrogens is 175 g/mol. The topological polar surface area (TPSA) is 52.6 Å². The summed E-state index contributed by atoms with van der Waals surface area (Å²) in [5, 5.41) is 11.2. The van der Waals surface area contributed by atoms with E-state index in [1.807, 2.05) is 13.8 Å². The van der Waals surface area contributed by atoms with Crippen LogP contribution in [0.15, 0.2) is 0 Å². The lowest BCUT2D eigenvalue weighted by atomic mass is 9.98. The van der Waals surface area contributed by atoms with Gasteiger partial charge in [-0.15, -0.1) is 0 Å². The number of hydrogen-bond donors (Lipinski definition) is 2. The van der Waals surface area contributed by atoms with Crippen molar-refractivity contribution >= 4 is 6.03 Å². The van der Waals surface area contributed by atoms with Crippen molar-refractivity contribution < 1.29 is 14.3 Å². The number of rotatable bonds is 2. The summed E-state index contributed by atoms with van der Waals surface area (Å²) in [5.41, 5.74) is -1.58. The van der Waals surface area contributed by atoms with Crippen LogP contribution in [0.4, 0.5) is 9.18 Å². The Kier molecular flexibility index (Phi) is 2.75. The maximum Gasteiger partial charge on any atom is 0.317 e. The number of alkyl halides is 1. The molecule has 0 aromatic heterocycles. The van der Waals surface area contributed by atoms with Crippen molar-refractivity contribution in [3.05, 3.63) is 0 Å². The summed E-state index contributed by atoms with van der Waals surface area (Å²) in [6.45, 7) is 3.14. The number of aliphatic hydroxyl groups excluding tert-OH is 1. The van der Waals surface area contributed by atoms with Crippen molar-refractivity contribution in [2.24, 2.45) is 0 Å². The molecule has 0 bridgehead atoms. The third-order valence-corrected chi connectivity index (χ3v) is 1.93. The molecule has 1 heterocycles. The van der Waals surface area contributed by atoms with Gasteiger partial charge in [0, 0.05) is 6.04 Å². The van der Waals surface area contributed by atoms with E-state index < -0.39 is 12.3 Å². The van der Waals surface area contributed by atoms with E-state index in [-0.39, 0.29) is 25.2 Å². The fourth-order valence-electron chi connectivity index (χ4n) is 1.22. The summed E-state index contributed by atoms with van der Waals surface area (Å²) in [7, 11) is 0. The lowest BCUT2D eigenvalue weighted by Crippen LogP contribution is -2.65. The number of nitrogens with one attached hydrogen (secondary N) is 1. The zero-order chi connectivity index (χ0) is 10.1. The van der Waals surface area contributed by atoms with Crippen LogP contribution in [0.25, 0.3) is 0 Å². The smallest absolute Gasteiger partial charge is 0.317 e. The second-order valence-corrected chi connectivity index (χ2v) is 3.77. The number of urea groups is 1. The van der Waals surface area contributed by atoms with Crippen LogP contribution in [-0.2, 0) is 0 Å². The van der Waals surface area contributed by atoms with Crippen LogP contribution in [0.3, 0.4) is 0 Å². The van der Waals surface area contributed by atoms with Crippen LogP contribution >= 0.6 is 0 Å². The van der Waals surface area contributed by atoms with Crippen LogP contribution in [0.2, 0.25) is 0 Å². The summed E-state index contributed by atoms with van der Waals surface area (Å²) in [4.78, 5) is 12.5. The first-order chi connectivity index (χ1) is 5.97. The second-order valence-electron chi connectivity index (χ2n) is 3.77. The van der Waals surface area contributed by atoms with E-state index in [1.54, 1.807) is 0 Å². The van der Waals surface area contributed by atoms with Gasteiger partial charge in [-0.25, -0.2) is 9.18 Å². The molecule has 1 aliphatic rings. The number of carbonyl (C=O) groups excluding carboxylic acids is 1. The maximum atomic E-state index is 13.1. The molecule has 0 atom stereocenters. The van der Waals surface area contributed by atoms with Gasteiger partial charge in [-0.2, -0.15) is 0 Å². The first kappa shape index (κ1) is 10.2. The Morgan fingerprint density at radius 1 is 1.69 bits per heavy atom. The van der Waals surface area contributed by atoms with E-state index in [9.17, 15) is 9.18 Å². The minimum Gasteiger partial charge on any atom is -0.393 e. The summed E-state index contributed by atoms with van der Waals surface area (Å²) in [6, 6.07) is -0.215. The van der Waals surface area contributed by atoms with Crippen molar-refractivity contribution in [3.63, 3.8) is 0 Å². The van der Waals surface area contributed by atoms with Crippen LogP contribution in [0.1, 0.15) is 13.8 Å². The molecule has 0 spiro atoms. The fourth-order valence-corrected chi connectivity index (χ4v) is 1.22. The quantitative estimate of drug-likeness (QED) is 0.650. The summed E-state index contributed by atoms with van der Waals surface area (Å²) in [6.07, 6.45) is 0. The van der Waals surface area contributed by atoms with Gasteiger partial charge >= 0.3 is 6.03 Å². The van der Waals surface area contributed by atoms with Gasteiger partial charge in [0.2, 0.25) is 0 Å². The van der Waals surface area contributed by atoms with Crippen molar-refractivity contribution in [2.75, 3.05) is 19.7 Å². The molecule has 2 N–H and O–H groups in total. The predicted octanol–water partition coefficient (Wildman–Crippen LogP) is 0.121. The van der Waals surface area contributed by atoms with Gasteiger partial charge in [0.25, 0.3) is 0 Å². The maximum absolute atomic E-state index is 13.1. The SMILES string of the molecule is CC(C)NC(=O)N1CC(F)(CO)C1. The molecule has 1 rings (SSSR count). The zero-order valence-electron chi connectivity index (χ0n) is 7.88. The molecule has 5 heteroatoms. The molecule has 1 aliphatic heterocycles. The molecule has 0 aromatic rings. The molecule has 4 nitrogen and oxygen atoms in total. The molecule has 0 aliphatic carbocycles. The van der Waals surface area contributed by atoms with E-state index in [4.69, 9.17) is 5.11 Å². The highest BCUT2D eigenvalue weighted by Gasteiger charge is 2.45. The average Bonchev–Trinajstić information content (AvgIpc) is 1.97. The molecular formula is C8H15FN2O2. The zero-order valence-corrected chi connectivity index (χ0v) is 7.88. The van der Waals surface area contributed by atoms with Crippen LogP contribution < -0.4 is 5.32 Å². The lowest BCUT2D eigenvalue weighted by molar-refractivity contribution is -0.0444. The first-order valence-corrected chi connectivity index (χ1v) is 4.32. The Bertz CT molecular complexity index is 202. The number of nitrogens with zero attached hydrogens (tertiary/aromatic N) is 1. The van der Waals surface area contributed by atoms with E-state index in [2.05, 4.69) is 5.32 Å². The van der Waals surface area contributed by atoms with Crippen LogP contribution in [0, 0.1) is 0 Å². The summed E-state index contributed by atoms with van der Waals surface area (Å²) in [5.74, 6) is 0.